The average Bonchev–Trinajstić information content (AvgIpc) is 2.30. The van der Waals surface area contributed by atoms with Crippen molar-refractivity contribution in [2.24, 2.45) is 5.73 Å². The van der Waals surface area contributed by atoms with E-state index in [2.05, 4.69) is 19.2 Å². The number of hydrogen-bond donors (Lipinski definition) is 2. The first kappa shape index (κ1) is 14.5. The number of hydrogen-bond acceptors (Lipinski definition) is 3. The molecule has 4 heteroatoms. The summed E-state index contributed by atoms with van der Waals surface area (Å²) in [5.41, 5.74) is 8.40. The van der Waals surface area contributed by atoms with Crippen LogP contribution in [0.5, 0.6) is 5.75 Å². The Hall–Kier alpha value is -1.55. The molecule has 0 aliphatic carbocycles. The molecule has 0 fully saturated rings. The summed E-state index contributed by atoms with van der Waals surface area (Å²) in [6.07, 6.45) is 0. The molecular weight excluding hydrogens is 228 g/mol. The first-order valence-corrected chi connectivity index (χ1v) is 6.07. The lowest BCUT2D eigenvalue weighted by molar-refractivity contribution is -0.120. The topological polar surface area (TPSA) is 64.3 Å². The molecule has 1 aromatic rings. The molecule has 0 saturated heterocycles. The summed E-state index contributed by atoms with van der Waals surface area (Å²) < 4.78 is 5.38. The molecule has 0 aliphatic rings. The van der Waals surface area contributed by atoms with Crippen molar-refractivity contribution in [2.75, 3.05) is 14.2 Å². The van der Waals surface area contributed by atoms with Gasteiger partial charge in [-0.15, -0.1) is 0 Å². The number of methoxy groups -OCH3 is 1. The number of carbonyl (C=O) groups excluding carboxylic acids is 1. The van der Waals surface area contributed by atoms with Crippen LogP contribution < -0.4 is 15.8 Å². The zero-order valence-electron chi connectivity index (χ0n) is 11.7. The number of nitrogens with one attached hydrogen (secondary N) is 1. The quantitative estimate of drug-likeness (QED) is 0.838. The van der Waals surface area contributed by atoms with E-state index in [1.807, 2.05) is 19.1 Å². The predicted molar refractivity (Wildman–Crippen MR) is 72.8 cm³/mol. The molecule has 100 valence electrons. The number of rotatable bonds is 5. The molecule has 0 aromatic heterocycles. The number of aryl methyl sites for hydroxylation is 1. The van der Waals surface area contributed by atoms with E-state index in [-0.39, 0.29) is 5.91 Å². The van der Waals surface area contributed by atoms with Gasteiger partial charge in [-0.1, -0.05) is 13.8 Å². The van der Waals surface area contributed by atoms with Crippen molar-refractivity contribution >= 4 is 5.91 Å². The summed E-state index contributed by atoms with van der Waals surface area (Å²) in [6, 6.07) is 3.50. The second-order valence-electron chi connectivity index (χ2n) is 4.73. The summed E-state index contributed by atoms with van der Waals surface area (Å²) in [4.78, 5) is 11.4. The third-order valence-corrected chi connectivity index (χ3v) is 3.12. The Morgan fingerprint density at radius 3 is 2.33 bits per heavy atom. The predicted octanol–water partition coefficient (Wildman–Crippen LogP) is 1.87. The smallest absolute Gasteiger partial charge is 0.239 e. The first-order chi connectivity index (χ1) is 8.42. The van der Waals surface area contributed by atoms with E-state index < -0.39 is 6.04 Å². The van der Waals surface area contributed by atoms with Crippen LogP contribution >= 0.6 is 0 Å². The molecule has 3 N–H and O–H groups in total. The standard InChI is InChI=1S/C14H22N2O2/c1-8(2)10-7-11(13(16-4)14(15)17)9(3)6-12(10)18-5/h6-8,13,16H,1-5H3,(H2,15,17). The lowest BCUT2D eigenvalue weighted by Gasteiger charge is -2.20. The van der Waals surface area contributed by atoms with E-state index in [0.29, 0.717) is 5.92 Å². The highest BCUT2D eigenvalue weighted by Crippen LogP contribution is 2.31. The maximum atomic E-state index is 11.4. The molecule has 1 amide bonds. The summed E-state index contributed by atoms with van der Waals surface area (Å²) in [5.74, 6) is 0.802. The second-order valence-corrected chi connectivity index (χ2v) is 4.73. The molecule has 1 atom stereocenters. The third kappa shape index (κ3) is 2.82. The van der Waals surface area contributed by atoms with Crippen LogP contribution in [0.3, 0.4) is 0 Å². The molecule has 1 aromatic carbocycles. The van der Waals surface area contributed by atoms with Crippen LogP contribution in [0.1, 0.15) is 42.5 Å². The van der Waals surface area contributed by atoms with Gasteiger partial charge in [-0.2, -0.15) is 0 Å². The van der Waals surface area contributed by atoms with E-state index in [4.69, 9.17) is 10.5 Å². The van der Waals surface area contributed by atoms with Crippen LogP contribution in [0, 0.1) is 6.92 Å². The van der Waals surface area contributed by atoms with Gasteiger partial charge in [0.2, 0.25) is 5.91 Å². The molecule has 1 unspecified atom stereocenters. The lowest BCUT2D eigenvalue weighted by atomic mass is 9.93. The Bertz CT molecular complexity index is 442. The minimum atomic E-state index is -0.464. The minimum Gasteiger partial charge on any atom is -0.496 e. The van der Waals surface area contributed by atoms with Gasteiger partial charge in [-0.3, -0.25) is 4.79 Å². The normalized spacial score (nSPS) is 12.6. The zero-order chi connectivity index (χ0) is 13.9. The van der Waals surface area contributed by atoms with Gasteiger partial charge in [0.15, 0.2) is 0 Å². The monoisotopic (exact) mass is 250 g/mol. The van der Waals surface area contributed by atoms with Crippen molar-refractivity contribution in [2.45, 2.75) is 32.7 Å². The van der Waals surface area contributed by atoms with E-state index >= 15 is 0 Å². The van der Waals surface area contributed by atoms with Gasteiger partial charge in [-0.05, 0) is 48.7 Å². The maximum Gasteiger partial charge on any atom is 0.239 e. The van der Waals surface area contributed by atoms with Crippen molar-refractivity contribution in [3.8, 4) is 5.75 Å². The van der Waals surface area contributed by atoms with E-state index in [9.17, 15) is 4.79 Å². The average molecular weight is 250 g/mol. The van der Waals surface area contributed by atoms with Gasteiger partial charge in [0, 0.05) is 0 Å². The van der Waals surface area contributed by atoms with Gasteiger partial charge in [-0.25, -0.2) is 0 Å². The Kier molecular flexibility index (Phi) is 4.73. The van der Waals surface area contributed by atoms with Crippen LogP contribution in [-0.4, -0.2) is 20.1 Å². The Balaban J connectivity index is 3.37. The summed E-state index contributed by atoms with van der Waals surface area (Å²) in [7, 11) is 3.39. The van der Waals surface area contributed by atoms with E-state index in [0.717, 1.165) is 22.4 Å². The second kappa shape index (κ2) is 5.87. The number of nitrogens with two attached hydrogens (primary N) is 1. The van der Waals surface area contributed by atoms with Crippen LogP contribution in [-0.2, 0) is 4.79 Å². The molecule has 4 nitrogen and oxygen atoms in total. The largest absolute Gasteiger partial charge is 0.496 e. The summed E-state index contributed by atoms with van der Waals surface area (Å²) >= 11 is 0. The number of ether oxygens (including phenoxy) is 1. The Labute approximate surface area is 109 Å². The summed E-state index contributed by atoms with van der Waals surface area (Å²) in [5, 5.41) is 2.95. The molecule has 1 rings (SSSR count). The number of amides is 1. The fourth-order valence-corrected chi connectivity index (χ4v) is 2.11. The number of primary amides is 1. The SMILES string of the molecule is CNC(C(N)=O)c1cc(C(C)C)c(OC)cc1C. The number of likely N-dealkylation sites (N-methyl/N-ethyl adjacent to an activating group) is 1. The van der Waals surface area contributed by atoms with Crippen molar-refractivity contribution in [1.82, 2.24) is 5.32 Å². The molecule has 0 bridgehead atoms. The molecule has 0 radical (unpaired) electrons. The molecule has 18 heavy (non-hydrogen) atoms. The molecule has 0 spiro atoms. The highest BCUT2D eigenvalue weighted by atomic mass is 16.5. The first-order valence-electron chi connectivity index (χ1n) is 6.07. The molecule has 0 saturated carbocycles. The number of benzene rings is 1. The Morgan fingerprint density at radius 1 is 1.33 bits per heavy atom. The maximum absolute atomic E-state index is 11.4. The fraction of sp³-hybridized carbons (Fsp3) is 0.500. The number of carbonyl (C=O) groups is 1. The minimum absolute atomic E-state index is 0.324. The van der Waals surface area contributed by atoms with Gasteiger partial charge in [0.1, 0.15) is 11.8 Å². The van der Waals surface area contributed by atoms with Crippen molar-refractivity contribution < 1.29 is 9.53 Å². The summed E-state index contributed by atoms with van der Waals surface area (Å²) in [6.45, 7) is 6.14. The van der Waals surface area contributed by atoms with Gasteiger partial charge in [0.25, 0.3) is 0 Å². The fourth-order valence-electron chi connectivity index (χ4n) is 2.11. The van der Waals surface area contributed by atoms with Crippen molar-refractivity contribution in [3.63, 3.8) is 0 Å². The highest BCUT2D eigenvalue weighted by molar-refractivity contribution is 5.82. The lowest BCUT2D eigenvalue weighted by Crippen LogP contribution is -2.31. The van der Waals surface area contributed by atoms with Crippen molar-refractivity contribution in [3.05, 3.63) is 28.8 Å². The van der Waals surface area contributed by atoms with Gasteiger partial charge >= 0.3 is 0 Å². The van der Waals surface area contributed by atoms with Crippen LogP contribution in [0.4, 0.5) is 0 Å². The third-order valence-electron chi connectivity index (χ3n) is 3.12. The Morgan fingerprint density at radius 2 is 1.94 bits per heavy atom. The van der Waals surface area contributed by atoms with Gasteiger partial charge in [0.05, 0.1) is 7.11 Å². The van der Waals surface area contributed by atoms with E-state index in [1.54, 1.807) is 14.2 Å². The molecule has 0 heterocycles. The van der Waals surface area contributed by atoms with Gasteiger partial charge < -0.3 is 15.8 Å². The van der Waals surface area contributed by atoms with E-state index in [1.165, 1.54) is 0 Å². The molecule has 0 aliphatic heterocycles. The highest BCUT2D eigenvalue weighted by Gasteiger charge is 2.20. The van der Waals surface area contributed by atoms with Crippen molar-refractivity contribution in [1.29, 1.82) is 0 Å². The van der Waals surface area contributed by atoms with Crippen LogP contribution in [0.15, 0.2) is 12.1 Å². The van der Waals surface area contributed by atoms with Crippen LogP contribution in [0.25, 0.3) is 0 Å². The zero-order valence-corrected chi connectivity index (χ0v) is 11.7. The molecular formula is C14H22N2O2. The van der Waals surface area contributed by atoms with Crippen LogP contribution in [0.2, 0.25) is 0 Å².